The fraction of sp³-hybridized carbons (Fsp3) is 0.667. The Hall–Kier alpha value is -0.340. The van der Waals surface area contributed by atoms with Crippen molar-refractivity contribution in [1.82, 2.24) is 0 Å². The molecule has 1 heterocycles. The second-order valence-corrected chi connectivity index (χ2v) is 5.98. The minimum Gasteiger partial charge on any atom is -0.324 e. The van der Waals surface area contributed by atoms with Crippen molar-refractivity contribution in [3.8, 4) is 0 Å². The van der Waals surface area contributed by atoms with Crippen molar-refractivity contribution in [2.24, 2.45) is 11.1 Å². The Balaban J connectivity index is 2.17. The van der Waals surface area contributed by atoms with E-state index >= 15 is 0 Å². The maximum Gasteiger partial charge on any atom is 0.0247 e. The van der Waals surface area contributed by atoms with Crippen molar-refractivity contribution < 1.29 is 0 Å². The van der Waals surface area contributed by atoms with Crippen LogP contribution in [0.4, 0.5) is 0 Å². The molecule has 0 amide bonds. The molecule has 0 saturated heterocycles. The molecule has 0 bridgehead atoms. The first-order valence-corrected chi connectivity index (χ1v) is 6.28. The molecule has 0 aromatic carbocycles. The summed E-state index contributed by atoms with van der Waals surface area (Å²) in [6, 6.07) is 2.20. The maximum atomic E-state index is 6.53. The summed E-state index contributed by atoms with van der Waals surface area (Å²) in [5.74, 6) is 0. The summed E-state index contributed by atoms with van der Waals surface area (Å²) in [5.41, 5.74) is 8.26. The van der Waals surface area contributed by atoms with Crippen LogP contribution in [-0.4, -0.2) is 5.54 Å². The van der Waals surface area contributed by atoms with Crippen molar-refractivity contribution in [2.75, 3.05) is 0 Å². The van der Waals surface area contributed by atoms with Crippen LogP contribution in [0.5, 0.6) is 0 Å². The largest absolute Gasteiger partial charge is 0.324 e. The van der Waals surface area contributed by atoms with Crippen LogP contribution in [0, 0.1) is 5.41 Å². The maximum absolute atomic E-state index is 6.53. The van der Waals surface area contributed by atoms with E-state index in [1.807, 2.05) is 0 Å². The Labute approximate surface area is 90.3 Å². The topological polar surface area (TPSA) is 26.0 Å². The van der Waals surface area contributed by atoms with E-state index < -0.39 is 0 Å². The Morgan fingerprint density at radius 1 is 1.43 bits per heavy atom. The Morgan fingerprint density at radius 3 is 2.71 bits per heavy atom. The first-order chi connectivity index (χ1) is 6.54. The first-order valence-electron chi connectivity index (χ1n) is 5.33. The summed E-state index contributed by atoms with van der Waals surface area (Å²) in [7, 11) is 0. The SMILES string of the molecule is CC1(C)CCCC1(N)Cc1ccsc1. The van der Waals surface area contributed by atoms with Crippen molar-refractivity contribution in [3.63, 3.8) is 0 Å². The third-order valence-corrected chi connectivity index (χ3v) is 4.60. The highest BCUT2D eigenvalue weighted by Crippen LogP contribution is 2.45. The molecule has 1 saturated carbocycles. The summed E-state index contributed by atoms with van der Waals surface area (Å²) >= 11 is 1.77. The number of hydrogen-bond donors (Lipinski definition) is 1. The number of nitrogens with two attached hydrogens (primary N) is 1. The van der Waals surface area contributed by atoms with Gasteiger partial charge in [0, 0.05) is 5.54 Å². The molecular weight excluding hydrogens is 190 g/mol. The predicted octanol–water partition coefficient (Wildman–Crippen LogP) is 3.20. The molecule has 2 rings (SSSR count). The van der Waals surface area contributed by atoms with Gasteiger partial charge in [0.25, 0.3) is 0 Å². The average molecular weight is 209 g/mol. The van der Waals surface area contributed by atoms with Crippen molar-refractivity contribution in [3.05, 3.63) is 22.4 Å². The van der Waals surface area contributed by atoms with Gasteiger partial charge in [0.15, 0.2) is 0 Å². The fourth-order valence-corrected chi connectivity index (χ4v) is 3.19. The van der Waals surface area contributed by atoms with Crippen molar-refractivity contribution >= 4 is 11.3 Å². The lowest BCUT2D eigenvalue weighted by Gasteiger charge is -2.38. The quantitative estimate of drug-likeness (QED) is 0.795. The van der Waals surface area contributed by atoms with E-state index in [-0.39, 0.29) is 5.54 Å². The fourth-order valence-electron chi connectivity index (χ4n) is 2.52. The van der Waals surface area contributed by atoms with E-state index in [0.717, 1.165) is 6.42 Å². The van der Waals surface area contributed by atoms with Crippen molar-refractivity contribution in [1.29, 1.82) is 0 Å². The van der Waals surface area contributed by atoms with Crippen LogP contribution in [0.25, 0.3) is 0 Å². The molecule has 78 valence electrons. The summed E-state index contributed by atoms with van der Waals surface area (Å²) in [6.07, 6.45) is 4.78. The third kappa shape index (κ3) is 1.61. The molecule has 1 aromatic heterocycles. The van der Waals surface area contributed by atoms with Crippen LogP contribution in [0.1, 0.15) is 38.7 Å². The summed E-state index contributed by atoms with van der Waals surface area (Å²) < 4.78 is 0. The molecule has 0 spiro atoms. The van der Waals surface area contributed by atoms with Gasteiger partial charge >= 0.3 is 0 Å². The average Bonchev–Trinajstić information content (AvgIpc) is 2.63. The van der Waals surface area contributed by atoms with Gasteiger partial charge < -0.3 is 5.73 Å². The van der Waals surface area contributed by atoms with Crippen LogP contribution < -0.4 is 5.73 Å². The van der Waals surface area contributed by atoms with E-state index in [9.17, 15) is 0 Å². The number of rotatable bonds is 2. The number of thiophene rings is 1. The molecule has 1 aromatic rings. The van der Waals surface area contributed by atoms with Crippen LogP contribution in [0.2, 0.25) is 0 Å². The highest BCUT2D eigenvalue weighted by Gasteiger charge is 2.45. The van der Waals surface area contributed by atoms with E-state index in [0.29, 0.717) is 5.41 Å². The second-order valence-electron chi connectivity index (χ2n) is 5.20. The standard InChI is InChI=1S/C12H19NS/c1-11(2)5-3-6-12(11,13)8-10-4-7-14-9-10/h4,7,9H,3,5-6,8,13H2,1-2H3. The normalized spacial score (nSPS) is 30.8. The molecule has 1 unspecified atom stereocenters. The van der Waals surface area contributed by atoms with Crippen LogP contribution in [-0.2, 0) is 6.42 Å². The van der Waals surface area contributed by atoms with Crippen LogP contribution >= 0.6 is 11.3 Å². The minimum absolute atomic E-state index is 0.0219. The summed E-state index contributed by atoms with van der Waals surface area (Å²) in [6.45, 7) is 4.62. The van der Waals surface area contributed by atoms with E-state index in [1.165, 1.54) is 24.8 Å². The third-order valence-electron chi connectivity index (χ3n) is 3.87. The lowest BCUT2D eigenvalue weighted by molar-refractivity contribution is 0.207. The Kier molecular flexibility index (Phi) is 2.44. The molecule has 1 fully saturated rings. The zero-order valence-corrected chi connectivity index (χ0v) is 9.86. The smallest absolute Gasteiger partial charge is 0.0247 e. The molecule has 0 radical (unpaired) electrons. The van der Waals surface area contributed by atoms with Gasteiger partial charge in [-0.2, -0.15) is 11.3 Å². The van der Waals surface area contributed by atoms with Gasteiger partial charge in [0.2, 0.25) is 0 Å². The molecule has 1 aliphatic carbocycles. The van der Waals surface area contributed by atoms with Gasteiger partial charge in [-0.3, -0.25) is 0 Å². The molecule has 2 N–H and O–H groups in total. The zero-order chi connectivity index (χ0) is 10.2. The first kappa shape index (κ1) is 10.2. The van der Waals surface area contributed by atoms with Gasteiger partial charge in [-0.15, -0.1) is 0 Å². The highest BCUT2D eigenvalue weighted by atomic mass is 32.1. The molecule has 14 heavy (non-hydrogen) atoms. The molecule has 2 heteroatoms. The minimum atomic E-state index is 0.0219. The molecule has 1 atom stereocenters. The van der Waals surface area contributed by atoms with Crippen molar-refractivity contribution in [2.45, 2.75) is 45.1 Å². The van der Waals surface area contributed by atoms with E-state index in [1.54, 1.807) is 11.3 Å². The van der Waals surface area contributed by atoms with Gasteiger partial charge in [0.1, 0.15) is 0 Å². The van der Waals surface area contributed by atoms with Gasteiger partial charge in [0.05, 0.1) is 0 Å². The van der Waals surface area contributed by atoms with Gasteiger partial charge in [-0.05, 0) is 47.1 Å². The summed E-state index contributed by atoms with van der Waals surface area (Å²) in [4.78, 5) is 0. The number of hydrogen-bond acceptors (Lipinski definition) is 2. The monoisotopic (exact) mass is 209 g/mol. The summed E-state index contributed by atoms with van der Waals surface area (Å²) in [5, 5.41) is 4.36. The van der Waals surface area contributed by atoms with Crippen LogP contribution in [0.15, 0.2) is 16.8 Å². The Bertz CT molecular complexity index is 302. The lowest BCUT2D eigenvalue weighted by atomic mass is 9.72. The Morgan fingerprint density at radius 2 is 2.21 bits per heavy atom. The zero-order valence-electron chi connectivity index (χ0n) is 9.05. The molecule has 1 aliphatic rings. The molecule has 1 nitrogen and oxygen atoms in total. The predicted molar refractivity (Wildman–Crippen MR) is 62.6 cm³/mol. The van der Waals surface area contributed by atoms with Gasteiger partial charge in [-0.25, -0.2) is 0 Å². The van der Waals surface area contributed by atoms with Crippen LogP contribution in [0.3, 0.4) is 0 Å². The van der Waals surface area contributed by atoms with E-state index in [4.69, 9.17) is 5.73 Å². The lowest BCUT2D eigenvalue weighted by Crippen LogP contribution is -2.50. The highest BCUT2D eigenvalue weighted by molar-refractivity contribution is 7.07. The molecular formula is C12H19NS. The van der Waals surface area contributed by atoms with E-state index in [2.05, 4.69) is 30.7 Å². The van der Waals surface area contributed by atoms with Gasteiger partial charge in [-0.1, -0.05) is 20.3 Å². The second kappa shape index (κ2) is 3.35. The molecule has 0 aliphatic heterocycles.